The van der Waals surface area contributed by atoms with Crippen LogP contribution in [0.2, 0.25) is 0 Å². The maximum absolute atomic E-state index is 12.3. The van der Waals surface area contributed by atoms with E-state index in [1.54, 1.807) is 17.4 Å². The van der Waals surface area contributed by atoms with E-state index in [1.165, 1.54) is 10.1 Å². The van der Waals surface area contributed by atoms with Crippen LogP contribution < -0.4 is 4.74 Å². The highest BCUT2D eigenvalue weighted by Gasteiger charge is 2.38. The van der Waals surface area contributed by atoms with E-state index in [9.17, 15) is 9.90 Å². The zero-order chi connectivity index (χ0) is 21.9. The van der Waals surface area contributed by atoms with E-state index in [0.717, 1.165) is 28.8 Å². The summed E-state index contributed by atoms with van der Waals surface area (Å²) in [5.41, 5.74) is 4.00. The molecule has 1 saturated carbocycles. The molecule has 158 valence electrons. The monoisotopic (exact) mass is 431 g/mol. The standard InChI is InChI=1S/C26H25NO3S/c1-14-9-10-20(30-16-12-26(3,4)13-16)22-18(25(28)29)11-19(27-23(14)22)24-15(2)17-7-5-6-8-21(17)31-24/h5-11,16H,12-13H2,1-4H3,(H,28,29). The summed E-state index contributed by atoms with van der Waals surface area (Å²) in [5, 5.41) is 11.9. The predicted molar refractivity (Wildman–Crippen MR) is 126 cm³/mol. The first kappa shape index (κ1) is 20.0. The second-order valence-corrected chi connectivity index (χ2v) is 10.4. The number of carboxylic acid groups (broad SMARTS) is 1. The number of carbonyl (C=O) groups is 1. The maximum Gasteiger partial charge on any atom is 0.336 e. The van der Waals surface area contributed by atoms with Crippen LogP contribution in [0.3, 0.4) is 0 Å². The summed E-state index contributed by atoms with van der Waals surface area (Å²) >= 11 is 1.65. The lowest BCUT2D eigenvalue weighted by Crippen LogP contribution is -2.39. The number of hydrogen-bond acceptors (Lipinski definition) is 4. The Labute approximate surface area is 185 Å². The van der Waals surface area contributed by atoms with E-state index in [0.29, 0.717) is 22.3 Å². The number of nitrogens with zero attached hydrogens (tertiary/aromatic N) is 1. The quantitative estimate of drug-likeness (QED) is 0.378. The summed E-state index contributed by atoms with van der Waals surface area (Å²) < 4.78 is 7.44. The lowest BCUT2D eigenvalue weighted by Gasteiger charge is -2.42. The van der Waals surface area contributed by atoms with Gasteiger partial charge in [0.15, 0.2) is 0 Å². The second kappa shape index (κ2) is 7.06. The molecule has 0 saturated heterocycles. The van der Waals surface area contributed by atoms with Gasteiger partial charge in [-0.1, -0.05) is 38.1 Å². The third-order valence-electron chi connectivity index (χ3n) is 6.28. The molecule has 0 radical (unpaired) electrons. The molecule has 4 aromatic rings. The van der Waals surface area contributed by atoms with Gasteiger partial charge >= 0.3 is 5.97 Å². The topological polar surface area (TPSA) is 59.4 Å². The number of aromatic carboxylic acids is 1. The fourth-order valence-corrected chi connectivity index (χ4v) is 5.85. The van der Waals surface area contributed by atoms with Gasteiger partial charge in [0.25, 0.3) is 0 Å². The van der Waals surface area contributed by atoms with Crippen molar-refractivity contribution in [1.82, 2.24) is 4.98 Å². The highest BCUT2D eigenvalue weighted by molar-refractivity contribution is 7.22. The van der Waals surface area contributed by atoms with Gasteiger partial charge in [0.2, 0.25) is 0 Å². The average molecular weight is 432 g/mol. The average Bonchev–Trinajstić information content (AvgIpc) is 3.05. The van der Waals surface area contributed by atoms with Crippen LogP contribution in [0.25, 0.3) is 31.6 Å². The van der Waals surface area contributed by atoms with Crippen LogP contribution in [0.15, 0.2) is 42.5 Å². The zero-order valence-electron chi connectivity index (χ0n) is 18.2. The van der Waals surface area contributed by atoms with Crippen molar-refractivity contribution in [2.45, 2.75) is 46.6 Å². The van der Waals surface area contributed by atoms with Crippen LogP contribution in [0.5, 0.6) is 5.75 Å². The number of fused-ring (bicyclic) bond motifs is 2. The predicted octanol–water partition coefficient (Wildman–Crippen LogP) is 7.00. The third-order valence-corrected chi connectivity index (χ3v) is 7.58. The fraction of sp³-hybridized carbons (Fsp3) is 0.308. The summed E-state index contributed by atoms with van der Waals surface area (Å²) in [6, 6.07) is 13.8. The van der Waals surface area contributed by atoms with Crippen LogP contribution >= 0.6 is 11.3 Å². The molecule has 4 nitrogen and oxygen atoms in total. The molecule has 0 unspecified atom stereocenters. The lowest BCUT2D eigenvalue weighted by molar-refractivity contribution is 0.0115. The van der Waals surface area contributed by atoms with Crippen LogP contribution in [0.4, 0.5) is 0 Å². The van der Waals surface area contributed by atoms with Gasteiger partial charge in [-0.2, -0.15) is 0 Å². The van der Waals surface area contributed by atoms with Crippen LogP contribution in [0, 0.1) is 19.3 Å². The molecule has 5 heteroatoms. The normalized spacial score (nSPS) is 15.9. The van der Waals surface area contributed by atoms with Crippen LogP contribution in [0.1, 0.15) is 48.2 Å². The number of carboxylic acids is 1. The maximum atomic E-state index is 12.3. The lowest BCUT2D eigenvalue weighted by atomic mass is 9.70. The van der Waals surface area contributed by atoms with Gasteiger partial charge in [0, 0.05) is 4.70 Å². The summed E-state index contributed by atoms with van der Waals surface area (Å²) in [4.78, 5) is 18.3. The van der Waals surface area contributed by atoms with Gasteiger partial charge in [-0.15, -0.1) is 11.3 Å². The molecule has 1 aliphatic rings. The van der Waals surface area contributed by atoms with E-state index in [1.807, 2.05) is 31.2 Å². The first-order chi connectivity index (χ1) is 14.7. The first-order valence-electron chi connectivity index (χ1n) is 10.6. The van der Waals surface area contributed by atoms with Crippen molar-refractivity contribution in [2.24, 2.45) is 5.41 Å². The number of rotatable bonds is 4. The Kier molecular flexibility index (Phi) is 4.56. The molecule has 2 heterocycles. The smallest absolute Gasteiger partial charge is 0.336 e. The van der Waals surface area contributed by atoms with Crippen molar-refractivity contribution in [3.05, 3.63) is 59.2 Å². The molecular formula is C26H25NO3S. The number of hydrogen-bond donors (Lipinski definition) is 1. The Morgan fingerprint density at radius 3 is 2.58 bits per heavy atom. The van der Waals surface area contributed by atoms with Crippen molar-refractivity contribution < 1.29 is 14.6 Å². The molecule has 5 rings (SSSR count). The number of ether oxygens (including phenoxy) is 1. The number of aryl methyl sites for hydroxylation is 2. The molecule has 2 aromatic heterocycles. The van der Waals surface area contributed by atoms with Crippen molar-refractivity contribution in [2.75, 3.05) is 0 Å². The van der Waals surface area contributed by atoms with E-state index < -0.39 is 5.97 Å². The SMILES string of the molecule is Cc1c(-c2cc(C(=O)O)c3c(OC4CC(C)(C)C4)ccc(C)c3n2)sc2ccccc12. The molecule has 0 atom stereocenters. The molecular weight excluding hydrogens is 406 g/mol. The molecule has 31 heavy (non-hydrogen) atoms. The molecule has 1 fully saturated rings. The second-order valence-electron chi connectivity index (χ2n) is 9.33. The van der Waals surface area contributed by atoms with E-state index in [2.05, 4.69) is 32.9 Å². The van der Waals surface area contributed by atoms with Gasteiger partial charge in [-0.25, -0.2) is 9.78 Å². The Hall–Kier alpha value is -2.92. The molecule has 0 amide bonds. The summed E-state index contributed by atoms with van der Waals surface area (Å²) in [7, 11) is 0. The van der Waals surface area contributed by atoms with Crippen molar-refractivity contribution in [3.8, 4) is 16.3 Å². The Morgan fingerprint density at radius 2 is 1.90 bits per heavy atom. The molecule has 1 N–H and O–H groups in total. The Balaban J connectivity index is 1.69. The zero-order valence-corrected chi connectivity index (χ0v) is 19.0. The minimum absolute atomic E-state index is 0.118. The Morgan fingerprint density at radius 1 is 1.16 bits per heavy atom. The highest BCUT2D eigenvalue weighted by atomic mass is 32.1. The van der Waals surface area contributed by atoms with E-state index in [-0.39, 0.29) is 17.1 Å². The molecule has 0 spiro atoms. The summed E-state index contributed by atoms with van der Waals surface area (Å²) in [6.45, 7) is 8.50. The molecule has 0 aliphatic heterocycles. The Bertz CT molecular complexity index is 1340. The number of pyridine rings is 1. The van der Waals surface area contributed by atoms with Crippen LogP contribution in [-0.2, 0) is 0 Å². The van der Waals surface area contributed by atoms with Gasteiger partial charge in [-0.05, 0) is 66.8 Å². The third kappa shape index (κ3) is 3.37. The minimum Gasteiger partial charge on any atom is -0.490 e. The molecule has 1 aliphatic carbocycles. The van der Waals surface area contributed by atoms with Crippen LogP contribution in [-0.4, -0.2) is 22.2 Å². The van der Waals surface area contributed by atoms with Crippen molar-refractivity contribution in [3.63, 3.8) is 0 Å². The van der Waals surface area contributed by atoms with Gasteiger partial charge in [0.1, 0.15) is 5.75 Å². The number of benzene rings is 2. The number of aromatic nitrogens is 1. The molecule has 2 aromatic carbocycles. The minimum atomic E-state index is -0.961. The van der Waals surface area contributed by atoms with Crippen molar-refractivity contribution in [1.29, 1.82) is 0 Å². The fourth-order valence-electron chi connectivity index (χ4n) is 4.68. The number of thiophene rings is 1. The van der Waals surface area contributed by atoms with Gasteiger partial charge in [-0.3, -0.25) is 0 Å². The largest absolute Gasteiger partial charge is 0.490 e. The van der Waals surface area contributed by atoms with E-state index in [4.69, 9.17) is 9.72 Å². The summed E-state index contributed by atoms with van der Waals surface area (Å²) in [5.74, 6) is -0.345. The molecule has 0 bridgehead atoms. The van der Waals surface area contributed by atoms with Crippen molar-refractivity contribution >= 4 is 38.3 Å². The van der Waals surface area contributed by atoms with Gasteiger partial charge in [0.05, 0.1) is 33.1 Å². The highest BCUT2D eigenvalue weighted by Crippen LogP contribution is 2.44. The van der Waals surface area contributed by atoms with Gasteiger partial charge < -0.3 is 9.84 Å². The van der Waals surface area contributed by atoms with E-state index >= 15 is 0 Å². The first-order valence-corrected chi connectivity index (χ1v) is 11.4. The summed E-state index contributed by atoms with van der Waals surface area (Å²) in [6.07, 6.45) is 2.06.